The zero-order chi connectivity index (χ0) is 28.0. The second-order valence-electron chi connectivity index (χ2n) is 10.6. The summed E-state index contributed by atoms with van der Waals surface area (Å²) in [5.41, 5.74) is 14.4. The third kappa shape index (κ3) is 4.12. The van der Waals surface area contributed by atoms with Crippen molar-refractivity contribution in [3.8, 4) is 11.1 Å². The topological polar surface area (TPSA) is 43.3 Å². The molecule has 0 saturated heterocycles. The third-order valence-electron chi connectivity index (χ3n) is 8.15. The summed E-state index contributed by atoms with van der Waals surface area (Å²) in [7, 11) is 0. The van der Waals surface area contributed by atoms with Gasteiger partial charge in [0.2, 0.25) is 0 Å². The predicted octanol–water partition coefficient (Wildman–Crippen LogP) is 10.1. The number of nitrogens with two attached hydrogens (primary N) is 1. The average Bonchev–Trinajstić information content (AvgIpc) is 3.57. The first-order valence-corrected chi connectivity index (χ1v) is 14.9. The van der Waals surface area contributed by atoms with Gasteiger partial charge in [0.25, 0.3) is 0 Å². The Morgan fingerprint density at radius 1 is 0.571 bits per heavy atom. The van der Waals surface area contributed by atoms with Crippen LogP contribution in [0, 0.1) is 0 Å². The second-order valence-corrected chi connectivity index (χ2v) is 11.7. The number of aromatic nitrogens is 1. The molecule has 0 saturated carbocycles. The molecule has 8 aromatic rings. The van der Waals surface area contributed by atoms with Crippen LogP contribution in [0.3, 0.4) is 0 Å². The average molecular weight is 558 g/mol. The molecule has 0 spiro atoms. The van der Waals surface area contributed by atoms with Gasteiger partial charge in [0, 0.05) is 30.9 Å². The molecule has 2 aromatic heterocycles. The van der Waals surface area contributed by atoms with Gasteiger partial charge in [-0.05, 0) is 58.7 Å². The summed E-state index contributed by atoms with van der Waals surface area (Å²) in [6.07, 6.45) is 1.96. The van der Waals surface area contributed by atoms with Gasteiger partial charge in [0.05, 0.1) is 22.8 Å². The quantitative estimate of drug-likeness (QED) is 0.166. The normalized spacial score (nSPS) is 12.7. The monoisotopic (exact) mass is 557 g/mol. The lowest BCUT2D eigenvalue weighted by Gasteiger charge is -2.16. The van der Waals surface area contributed by atoms with Crippen LogP contribution in [-0.4, -0.2) is 10.9 Å². The molecule has 0 aliphatic heterocycles. The van der Waals surface area contributed by atoms with Crippen molar-refractivity contribution in [1.29, 1.82) is 0 Å². The summed E-state index contributed by atoms with van der Waals surface area (Å²) in [6.45, 7) is 0. The van der Waals surface area contributed by atoms with Crippen molar-refractivity contribution in [2.45, 2.75) is 6.04 Å². The summed E-state index contributed by atoms with van der Waals surface area (Å²) >= 11 is 1.85. The lowest BCUT2D eigenvalue weighted by atomic mass is 9.95. The van der Waals surface area contributed by atoms with Gasteiger partial charge in [-0.15, -0.1) is 11.3 Å². The van der Waals surface area contributed by atoms with E-state index >= 15 is 0 Å². The second kappa shape index (κ2) is 10.1. The van der Waals surface area contributed by atoms with E-state index in [1.807, 2.05) is 41.9 Å². The van der Waals surface area contributed by atoms with Gasteiger partial charge >= 0.3 is 0 Å². The molecule has 0 amide bonds. The van der Waals surface area contributed by atoms with E-state index in [2.05, 4.69) is 120 Å². The maximum atomic E-state index is 6.92. The molecule has 3 nitrogen and oxygen atoms in total. The van der Waals surface area contributed by atoms with Gasteiger partial charge in [0.15, 0.2) is 0 Å². The molecule has 2 N–H and O–H groups in total. The number of benzene rings is 6. The summed E-state index contributed by atoms with van der Waals surface area (Å²) in [4.78, 5) is 5.07. The molecule has 42 heavy (non-hydrogen) atoms. The number of aliphatic imine (C=N–C) groups is 1. The SMILES string of the molecule is NC(c1cccc(-c2ccccc2)c1)c1ccccc1N=Cn1c2ccccc2c2cc3sc4ccccc4c3cc21. The number of hydrogen-bond acceptors (Lipinski definition) is 3. The van der Waals surface area contributed by atoms with E-state index in [9.17, 15) is 0 Å². The highest BCUT2D eigenvalue weighted by atomic mass is 32.1. The Kier molecular flexibility index (Phi) is 5.95. The minimum atomic E-state index is -0.308. The van der Waals surface area contributed by atoms with Crippen LogP contribution in [0.2, 0.25) is 0 Å². The van der Waals surface area contributed by atoms with Crippen LogP contribution in [0.1, 0.15) is 17.2 Å². The van der Waals surface area contributed by atoms with Crippen molar-refractivity contribution in [1.82, 2.24) is 4.57 Å². The van der Waals surface area contributed by atoms with Crippen molar-refractivity contribution in [3.05, 3.63) is 151 Å². The summed E-state index contributed by atoms with van der Waals surface area (Å²) in [5, 5.41) is 5.03. The number of thiophene rings is 1. The van der Waals surface area contributed by atoms with Crippen molar-refractivity contribution in [2.24, 2.45) is 10.7 Å². The molecule has 0 fully saturated rings. The number of fused-ring (bicyclic) bond motifs is 6. The molecule has 6 aromatic carbocycles. The highest BCUT2D eigenvalue weighted by Gasteiger charge is 2.16. The predicted molar refractivity (Wildman–Crippen MR) is 180 cm³/mol. The molecule has 1 atom stereocenters. The zero-order valence-corrected chi connectivity index (χ0v) is 23.6. The first-order valence-electron chi connectivity index (χ1n) is 14.1. The fourth-order valence-electron chi connectivity index (χ4n) is 6.05. The molecule has 0 bridgehead atoms. The fourth-order valence-corrected chi connectivity index (χ4v) is 7.18. The van der Waals surface area contributed by atoms with Gasteiger partial charge < -0.3 is 5.73 Å². The van der Waals surface area contributed by atoms with Gasteiger partial charge in [-0.2, -0.15) is 0 Å². The van der Waals surface area contributed by atoms with Crippen LogP contribution >= 0.6 is 11.3 Å². The smallest absolute Gasteiger partial charge is 0.100 e. The van der Waals surface area contributed by atoms with Gasteiger partial charge in [-0.1, -0.05) is 103 Å². The summed E-state index contributed by atoms with van der Waals surface area (Å²) in [6, 6.07) is 48.7. The lowest BCUT2D eigenvalue weighted by Crippen LogP contribution is -2.12. The number of para-hydroxylation sites is 2. The fraction of sp³-hybridized carbons (Fsp3) is 0.0263. The van der Waals surface area contributed by atoms with E-state index in [-0.39, 0.29) is 6.04 Å². The van der Waals surface area contributed by atoms with Crippen LogP contribution in [-0.2, 0) is 0 Å². The van der Waals surface area contributed by atoms with Gasteiger partial charge in [-0.25, -0.2) is 4.99 Å². The molecule has 1 unspecified atom stereocenters. The third-order valence-corrected chi connectivity index (χ3v) is 9.28. The summed E-state index contributed by atoms with van der Waals surface area (Å²) < 4.78 is 4.83. The van der Waals surface area contributed by atoms with Crippen LogP contribution in [0.4, 0.5) is 5.69 Å². The molecule has 200 valence electrons. The molecule has 0 aliphatic carbocycles. The zero-order valence-electron chi connectivity index (χ0n) is 22.8. The van der Waals surface area contributed by atoms with Gasteiger partial charge in [-0.3, -0.25) is 4.57 Å². The number of rotatable bonds is 5. The Bertz CT molecular complexity index is 2270. The van der Waals surface area contributed by atoms with E-state index in [1.54, 1.807) is 0 Å². The molecule has 0 radical (unpaired) electrons. The van der Waals surface area contributed by atoms with E-state index in [0.717, 1.165) is 33.4 Å². The standard InChI is InChI=1S/C38H27N3S/c39-38(27-14-10-13-26(21-27)25-11-2-1-3-12-25)30-17-4-7-18-33(30)40-24-41-34-19-8-5-15-28(34)31-23-37-32(22-35(31)41)29-16-6-9-20-36(29)42-37/h1-24,38H,39H2. The highest BCUT2D eigenvalue weighted by molar-refractivity contribution is 7.25. The van der Waals surface area contributed by atoms with E-state index < -0.39 is 0 Å². The van der Waals surface area contributed by atoms with Crippen molar-refractivity contribution >= 4 is 65.3 Å². The van der Waals surface area contributed by atoms with Crippen LogP contribution in [0.25, 0.3) is 53.1 Å². The van der Waals surface area contributed by atoms with Crippen LogP contribution in [0.15, 0.2) is 145 Å². The molecule has 8 rings (SSSR count). The maximum Gasteiger partial charge on any atom is 0.100 e. The Hall–Kier alpha value is -5.03. The Morgan fingerprint density at radius 3 is 2.21 bits per heavy atom. The Labute approximate surface area is 247 Å². The summed E-state index contributed by atoms with van der Waals surface area (Å²) in [5.74, 6) is 0. The van der Waals surface area contributed by atoms with Gasteiger partial charge in [0.1, 0.15) is 6.34 Å². The minimum Gasteiger partial charge on any atom is -0.320 e. The van der Waals surface area contributed by atoms with E-state index in [1.165, 1.54) is 36.5 Å². The van der Waals surface area contributed by atoms with Crippen LogP contribution in [0.5, 0.6) is 0 Å². The van der Waals surface area contributed by atoms with E-state index in [4.69, 9.17) is 10.7 Å². The number of hydrogen-bond donors (Lipinski definition) is 1. The first-order chi connectivity index (χ1) is 20.7. The lowest BCUT2D eigenvalue weighted by molar-refractivity contribution is 0.872. The Balaban J connectivity index is 1.24. The number of nitrogens with zero attached hydrogens (tertiary/aromatic N) is 2. The largest absolute Gasteiger partial charge is 0.320 e. The van der Waals surface area contributed by atoms with Crippen molar-refractivity contribution in [2.75, 3.05) is 0 Å². The minimum absolute atomic E-state index is 0.308. The van der Waals surface area contributed by atoms with Crippen LogP contribution < -0.4 is 5.73 Å². The molecule has 2 heterocycles. The Morgan fingerprint density at radius 2 is 1.31 bits per heavy atom. The molecule has 0 aliphatic rings. The molecular formula is C38H27N3S. The van der Waals surface area contributed by atoms with Crippen molar-refractivity contribution in [3.63, 3.8) is 0 Å². The molecule has 4 heteroatoms. The molecular weight excluding hydrogens is 531 g/mol. The van der Waals surface area contributed by atoms with Crippen molar-refractivity contribution < 1.29 is 0 Å². The maximum absolute atomic E-state index is 6.92. The first kappa shape index (κ1) is 24.7. The van der Waals surface area contributed by atoms with E-state index in [0.29, 0.717) is 0 Å². The highest BCUT2D eigenvalue weighted by Crippen LogP contribution is 2.39.